The molecule has 0 spiro atoms. The second-order valence-electron chi connectivity index (χ2n) is 5.86. The minimum atomic E-state index is -0.475. The lowest BCUT2D eigenvalue weighted by molar-refractivity contribution is 0.0290. The molecule has 0 aromatic heterocycles. The van der Waals surface area contributed by atoms with E-state index in [4.69, 9.17) is 0 Å². The van der Waals surface area contributed by atoms with Crippen molar-refractivity contribution >= 4 is 11.8 Å². The van der Waals surface area contributed by atoms with Gasteiger partial charge in [0.15, 0.2) is 0 Å². The molecule has 19 heavy (non-hydrogen) atoms. The Morgan fingerprint density at radius 3 is 2.89 bits per heavy atom. The number of rotatable bonds is 3. The highest BCUT2D eigenvalue weighted by Gasteiger charge is 2.30. The molecule has 3 rings (SSSR count). The molecule has 0 radical (unpaired) electrons. The molecular formula is C16H23NOS. The van der Waals surface area contributed by atoms with Crippen molar-refractivity contribution in [3.8, 4) is 0 Å². The zero-order valence-corrected chi connectivity index (χ0v) is 12.2. The van der Waals surface area contributed by atoms with Gasteiger partial charge in [-0.3, -0.25) is 0 Å². The van der Waals surface area contributed by atoms with E-state index in [0.29, 0.717) is 6.04 Å². The van der Waals surface area contributed by atoms with E-state index in [1.54, 1.807) is 0 Å². The minimum absolute atomic E-state index is 0.434. The van der Waals surface area contributed by atoms with Crippen molar-refractivity contribution in [3.63, 3.8) is 0 Å². The third-order valence-electron chi connectivity index (χ3n) is 4.47. The summed E-state index contributed by atoms with van der Waals surface area (Å²) in [6.07, 6.45) is 5.51. The van der Waals surface area contributed by atoms with E-state index in [0.717, 1.165) is 30.9 Å². The molecule has 0 bridgehead atoms. The van der Waals surface area contributed by atoms with Crippen molar-refractivity contribution in [2.24, 2.45) is 0 Å². The molecule has 1 unspecified atom stereocenters. The van der Waals surface area contributed by atoms with Gasteiger partial charge in [0.2, 0.25) is 0 Å². The predicted octanol–water partition coefficient (Wildman–Crippen LogP) is 2.91. The molecule has 1 fully saturated rings. The van der Waals surface area contributed by atoms with Crippen LogP contribution < -0.4 is 5.32 Å². The molecular weight excluding hydrogens is 254 g/mol. The predicted molar refractivity (Wildman–Crippen MR) is 81.6 cm³/mol. The SMILES string of the molecule is OC1(CNC2CCCc3ccccc32)CCSCC1. The van der Waals surface area contributed by atoms with Gasteiger partial charge >= 0.3 is 0 Å². The number of nitrogens with one attached hydrogen (secondary N) is 1. The van der Waals surface area contributed by atoms with Crippen LogP contribution in [0.2, 0.25) is 0 Å². The van der Waals surface area contributed by atoms with Gasteiger partial charge in [-0.05, 0) is 54.7 Å². The molecule has 1 atom stereocenters. The maximum absolute atomic E-state index is 10.6. The summed E-state index contributed by atoms with van der Waals surface area (Å²) >= 11 is 1.96. The second-order valence-corrected chi connectivity index (χ2v) is 7.09. The van der Waals surface area contributed by atoms with Crippen LogP contribution in [0.4, 0.5) is 0 Å². The first-order chi connectivity index (χ1) is 9.27. The zero-order valence-electron chi connectivity index (χ0n) is 11.4. The van der Waals surface area contributed by atoms with Gasteiger partial charge in [-0.1, -0.05) is 24.3 Å². The van der Waals surface area contributed by atoms with Crippen molar-refractivity contribution < 1.29 is 5.11 Å². The summed E-state index contributed by atoms with van der Waals surface area (Å²) in [5, 5.41) is 14.2. The first-order valence-electron chi connectivity index (χ1n) is 7.38. The molecule has 0 saturated carbocycles. The van der Waals surface area contributed by atoms with Crippen LogP contribution in [0.3, 0.4) is 0 Å². The topological polar surface area (TPSA) is 32.3 Å². The average molecular weight is 277 g/mol. The molecule has 1 aromatic carbocycles. The summed E-state index contributed by atoms with van der Waals surface area (Å²) in [4.78, 5) is 0. The van der Waals surface area contributed by atoms with Crippen LogP contribution in [0, 0.1) is 0 Å². The fourth-order valence-electron chi connectivity index (χ4n) is 3.21. The van der Waals surface area contributed by atoms with Crippen molar-refractivity contribution in [1.82, 2.24) is 5.32 Å². The van der Waals surface area contributed by atoms with Crippen LogP contribution in [0.5, 0.6) is 0 Å². The van der Waals surface area contributed by atoms with Gasteiger partial charge in [0.25, 0.3) is 0 Å². The fourth-order valence-corrected chi connectivity index (χ4v) is 4.46. The molecule has 1 saturated heterocycles. The van der Waals surface area contributed by atoms with Crippen LogP contribution in [0.1, 0.15) is 42.9 Å². The van der Waals surface area contributed by atoms with Crippen LogP contribution in [-0.4, -0.2) is 28.8 Å². The number of hydrogen-bond acceptors (Lipinski definition) is 3. The van der Waals surface area contributed by atoms with Crippen LogP contribution in [0.15, 0.2) is 24.3 Å². The summed E-state index contributed by atoms with van der Waals surface area (Å²) in [5.74, 6) is 2.19. The third kappa shape index (κ3) is 3.15. The Kier molecular flexibility index (Phi) is 4.15. The lowest BCUT2D eigenvalue weighted by Crippen LogP contribution is -2.45. The van der Waals surface area contributed by atoms with Gasteiger partial charge in [0, 0.05) is 12.6 Å². The maximum atomic E-state index is 10.6. The number of thioether (sulfide) groups is 1. The Balaban J connectivity index is 1.64. The quantitative estimate of drug-likeness (QED) is 0.891. The van der Waals surface area contributed by atoms with Gasteiger partial charge in [0.1, 0.15) is 0 Å². The Morgan fingerprint density at radius 2 is 2.05 bits per heavy atom. The normalized spacial score (nSPS) is 25.8. The highest BCUT2D eigenvalue weighted by molar-refractivity contribution is 7.99. The summed E-state index contributed by atoms with van der Waals surface area (Å²) < 4.78 is 0. The first-order valence-corrected chi connectivity index (χ1v) is 8.54. The monoisotopic (exact) mass is 277 g/mol. The van der Waals surface area contributed by atoms with E-state index >= 15 is 0 Å². The third-order valence-corrected chi connectivity index (χ3v) is 5.46. The van der Waals surface area contributed by atoms with Gasteiger partial charge in [-0.15, -0.1) is 0 Å². The largest absolute Gasteiger partial charge is 0.389 e. The number of fused-ring (bicyclic) bond motifs is 1. The molecule has 2 N–H and O–H groups in total. The van der Waals surface area contributed by atoms with Crippen molar-refractivity contribution in [3.05, 3.63) is 35.4 Å². The lowest BCUT2D eigenvalue weighted by atomic mass is 9.87. The fraction of sp³-hybridized carbons (Fsp3) is 0.625. The maximum Gasteiger partial charge on any atom is 0.0787 e. The average Bonchev–Trinajstić information content (AvgIpc) is 2.46. The van der Waals surface area contributed by atoms with Crippen LogP contribution in [0.25, 0.3) is 0 Å². The summed E-state index contributed by atoms with van der Waals surface area (Å²) in [6, 6.07) is 9.18. The van der Waals surface area contributed by atoms with E-state index < -0.39 is 5.60 Å². The highest BCUT2D eigenvalue weighted by Crippen LogP contribution is 2.31. The number of aryl methyl sites for hydroxylation is 1. The zero-order chi connectivity index (χ0) is 13.1. The number of benzene rings is 1. The molecule has 2 aliphatic rings. The van der Waals surface area contributed by atoms with Crippen molar-refractivity contribution in [1.29, 1.82) is 0 Å². The molecule has 1 aromatic rings. The molecule has 0 amide bonds. The van der Waals surface area contributed by atoms with E-state index in [1.807, 2.05) is 11.8 Å². The Hall–Kier alpha value is -0.510. The van der Waals surface area contributed by atoms with Crippen LogP contribution >= 0.6 is 11.8 Å². The van der Waals surface area contributed by atoms with Gasteiger partial charge in [-0.25, -0.2) is 0 Å². The molecule has 104 valence electrons. The van der Waals surface area contributed by atoms with E-state index in [-0.39, 0.29) is 0 Å². The van der Waals surface area contributed by atoms with Crippen molar-refractivity contribution in [2.45, 2.75) is 43.7 Å². The molecule has 3 heteroatoms. The van der Waals surface area contributed by atoms with Gasteiger partial charge < -0.3 is 10.4 Å². The molecule has 1 heterocycles. The summed E-state index contributed by atoms with van der Waals surface area (Å²) in [6.45, 7) is 0.743. The van der Waals surface area contributed by atoms with Crippen LogP contribution in [-0.2, 0) is 6.42 Å². The minimum Gasteiger partial charge on any atom is -0.389 e. The second kappa shape index (κ2) is 5.86. The lowest BCUT2D eigenvalue weighted by Gasteiger charge is -2.35. The summed E-state index contributed by atoms with van der Waals surface area (Å²) in [5.41, 5.74) is 2.46. The summed E-state index contributed by atoms with van der Waals surface area (Å²) in [7, 11) is 0. The smallest absolute Gasteiger partial charge is 0.0787 e. The highest BCUT2D eigenvalue weighted by atomic mass is 32.2. The van der Waals surface area contributed by atoms with E-state index in [1.165, 1.54) is 30.4 Å². The number of aliphatic hydroxyl groups is 1. The Labute approximate surface area is 120 Å². The molecule has 1 aliphatic carbocycles. The van der Waals surface area contributed by atoms with Gasteiger partial charge in [-0.2, -0.15) is 11.8 Å². The Bertz CT molecular complexity index is 429. The van der Waals surface area contributed by atoms with Crippen molar-refractivity contribution in [2.75, 3.05) is 18.1 Å². The number of hydrogen-bond donors (Lipinski definition) is 2. The first kappa shape index (κ1) is 13.5. The molecule has 2 nitrogen and oxygen atoms in total. The van der Waals surface area contributed by atoms with E-state index in [2.05, 4.69) is 29.6 Å². The van der Waals surface area contributed by atoms with Gasteiger partial charge in [0.05, 0.1) is 5.60 Å². The van der Waals surface area contributed by atoms with E-state index in [9.17, 15) is 5.11 Å². The standard InChI is InChI=1S/C16H23NOS/c18-16(8-10-19-11-9-16)12-17-15-7-3-5-13-4-1-2-6-14(13)15/h1-2,4,6,15,17-18H,3,5,7-12H2. The Morgan fingerprint density at radius 1 is 1.26 bits per heavy atom. The molecule has 1 aliphatic heterocycles.